The molecule has 0 aliphatic rings. The fourth-order valence-electron chi connectivity index (χ4n) is 1.40. The summed E-state index contributed by atoms with van der Waals surface area (Å²) in [6, 6.07) is 2.34. The lowest BCUT2D eigenvalue weighted by Crippen LogP contribution is -2.03. The summed E-state index contributed by atoms with van der Waals surface area (Å²) in [5.74, 6) is 0.649. The van der Waals surface area contributed by atoms with E-state index in [2.05, 4.69) is 38.6 Å². The lowest BCUT2D eigenvalue weighted by molar-refractivity contribution is 0.483. The molecule has 0 fully saturated rings. The zero-order valence-corrected chi connectivity index (χ0v) is 9.37. The minimum Gasteiger partial charge on any atom is -0.198 e. The van der Waals surface area contributed by atoms with Gasteiger partial charge in [-0.25, -0.2) is 0 Å². The van der Waals surface area contributed by atoms with Crippen LogP contribution in [-0.4, -0.2) is 0 Å². The molecule has 0 amide bonds. The first-order valence-corrected chi connectivity index (χ1v) is 5.45. The van der Waals surface area contributed by atoms with E-state index in [0.29, 0.717) is 5.92 Å². The van der Waals surface area contributed by atoms with Crippen LogP contribution in [0.25, 0.3) is 0 Å². The van der Waals surface area contributed by atoms with E-state index in [9.17, 15) is 0 Å². The van der Waals surface area contributed by atoms with E-state index in [4.69, 9.17) is 5.26 Å². The number of nitrogens with zero attached hydrogens (tertiary/aromatic N) is 1. The van der Waals surface area contributed by atoms with E-state index in [1.54, 1.807) is 0 Å². The highest BCUT2D eigenvalue weighted by Gasteiger charge is 2.10. The van der Waals surface area contributed by atoms with Crippen molar-refractivity contribution in [2.24, 2.45) is 11.8 Å². The van der Waals surface area contributed by atoms with Gasteiger partial charge in [0, 0.05) is 5.92 Å². The van der Waals surface area contributed by atoms with Gasteiger partial charge in [0.2, 0.25) is 0 Å². The standard InChI is InChI=1S/C13H21N/c1-4-7-8-9-12(5-2)10-13(6-3)11-14/h5,7-8,12-13H,2,4,6,9-10H2,1,3H3. The molecule has 0 bridgehead atoms. The monoisotopic (exact) mass is 191 g/mol. The summed E-state index contributed by atoms with van der Waals surface area (Å²) in [5.41, 5.74) is 0. The predicted octanol–water partition coefficient (Wildman–Crippen LogP) is 4.08. The van der Waals surface area contributed by atoms with Crippen LogP contribution < -0.4 is 0 Å². The molecular formula is C13H21N. The fourth-order valence-corrected chi connectivity index (χ4v) is 1.40. The van der Waals surface area contributed by atoms with Gasteiger partial charge in [-0.1, -0.05) is 32.1 Å². The van der Waals surface area contributed by atoms with Gasteiger partial charge >= 0.3 is 0 Å². The first-order chi connectivity index (χ1) is 6.78. The second-order valence-electron chi connectivity index (χ2n) is 3.58. The van der Waals surface area contributed by atoms with Gasteiger partial charge in [0.1, 0.15) is 0 Å². The molecule has 2 atom stereocenters. The van der Waals surface area contributed by atoms with Gasteiger partial charge in [-0.2, -0.15) is 5.26 Å². The van der Waals surface area contributed by atoms with Crippen LogP contribution in [0.4, 0.5) is 0 Å². The molecule has 0 aromatic heterocycles. The summed E-state index contributed by atoms with van der Waals surface area (Å²) in [5, 5.41) is 8.84. The largest absolute Gasteiger partial charge is 0.198 e. The van der Waals surface area contributed by atoms with Crippen molar-refractivity contribution in [2.75, 3.05) is 0 Å². The smallest absolute Gasteiger partial charge is 0.0655 e. The SMILES string of the molecule is C=CC(CC=CCC)CC(C#N)CC. The van der Waals surface area contributed by atoms with Crippen molar-refractivity contribution >= 4 is 0 Å². The molecule has 0 aromatic carbocycles. The van der Waals surface area contributed by atoms with Gasteiger partial charge in [0.25, 0.3) is 0 Å². The van der Waals surface area contributed by atoms with E-state index < -0.39 is 0 Å². The fraction of sp³-hybridized carbons (Fsp3) is 0.615. The Hall–Kier alpha value is -1.03. The average Bonchev–Trinajstić information content (AvgIpc) is 2.23. The number of allylic oxidation sites excluding steroid dienone is 3. The predicted molar refractivity (Wildman–Crippen MR) is 61.7 cm³/mol. The Bertz CT molecular complexity index is 210. The summed E-state index contributed by atoms with van der Waals surface area (Å²) in [4.78, 5) is 0. The topological polar surface area (TPSA) is 23.8 Å². The highest BCUT2D eigenvalue weighted by atomic mass is 14.3. The first-order valence-electron chi connectivity index (χ1n) is 5.45. The van der Waals surface area contributed by atoms with E-state index >= 15 is 0 Å². The summed E-state index contributed by atoms with van der Waals surface area (Å²) < 4.78 is 0. The number of rotatable bonds is 7. The molecule has 0 aliphatic carbocycles. The molecule has 2 unspecified atom stereocenters. The van der Waals surface area contributed by atoms with Crippen LogP contribution in [0.1, 0.15) is 39.5 Å². The second-order valence-corrected chi connectivity index (χ2v) is 3.58. The molecule has 0 aliphatic heterocycles. The highest BCUT2D eigenvalue weighted by molar-refractivity contribution is 4.93. The summed E-state index contributed by atoms with van der Waals surface area (Å²) >= 11 is 0. The normalized spacial score (nSPS) is 14.9. The minimum absolute atomic E-state index is 0.188. The van der Waals surface area contributed by atoms with E-state index in [1.807, 2.05) is 6.08 Å². The molecule has 0 saturated heterocycles. The molecule has 0 rings (SSSR count). The number of hydrogen-bond acceptors (Lipinski definition) is 1. The van der Waals surface area contributed by atoms with Crippen molar-refractivity contribution < 1.29 is 0 Å². The number of hydrogen-bond donors (Lipinski definition) is 0. The average molecular weight is 191 g/mol. The van der Waals surface area contributed by atoms with E-state index in [0.717, 1.165) is 25.7 Å². The number of nitriles is 1. The van der Waals surface area contributed by atoms with Crippen molar-refractivity contribution in [3.63, 3.8) is 0 Å². The maximum Gasteiger partial charge on any atom is 0.0655 e. The Morgan fingerprint density at radius 3 is 2.50 bits per heavy atom. The molecule has 0 heterocycles. The molecule has 0 radical (unpaired) electrons. The van der Waals surface area contributed by atoms with Crippen molar-refractivity contribution in [1.82, 2.24) is 0 Å². The van der Waals surface area contributed by atoms with Gasteiger partial charge in [-0.3, -0.25) is 0 Å². The third kappa shape index (κ3) is 5.59. The molecule has 1 heteroatoms. The minimum atomic E-state index is 0.188. The zero-order chi connectivity index (χ0) is 10.8. The van der Waals surface area contributed by atoms with Gasteiger partial charge < -0.3 is 0 Å². The molecule has 14 heavy (non-hydrogen) atoms. The van der Waals surface area contributed by atoms with Gasteiger partial charge in [-0.15, -0.1) is 6.58 Å². The van der Waals surface area contributed by atoms with Crippen molar-refractivity contribution in [2.45, 2.75) is 39.5 Å². The van der Waals surface area contributed by atoms with Crippen molar-refractivity contribution in [3.8, 4) is 6.07 Å². The molecule has 0 saturated carbocycles. The van der Waals surface area contributed by atoms with Crippen LogP contribution >= 0.6 is 0 Å². The molecule has 1 nitrogen and oxygen atoms in total. The van der Waals surface area contributed by atoms with Crippen LogP contribution in [0, 0.1) is 23.2 Å². The second kappa shape index (κ2) is 8.56. The lowest BCUT2D eigenvalue weighted by atomic mass is 9.91. The van der Waals surface area contributed by atoms with Crippen LogP contribution in [0.2, 0.25) is 0 Å². The maximum atomic E-state index is 8.84. The van der Waals surface area contributed by atoms with Crippen molar-refractivity contribution in [1.29, 1.82) is 5.26 Å². The Kier molecular flexibility index (Phi) is 7.93. The van der Waals surface area contributed by atoms with Crippen LogP contribution in [-0.2, 0) is 0 Å². The van der Waals surface area contributed by atoms with E-state index in [-0.39, 0.29) is 5.92 Å². The molecule has 78 valence electrons. The molecule has 0 spiro atoms. The first kappa shape index (κ1) is 13.0. The Balaban J connectivity index is 3.96. The summed E-state index contributed by atoms with van der Waals surface area (Å²) in [6.45, 7) is 8.01. The van der Waals surface area contributed by atoms with Gasteiger partial charge in [0.15, 0.2) is 0 Å². The van der Waals surface area contributed by atoms with Gasteiger partial charge in [0.05, 0.1) is 6.07 Å². The van der Waals surface area contributed by atoms with Crippen molar-refractivity contribution in [3.05, 3.63) is 24.8 Å². The Morgan fingerprint density at radius 2 is 2.07 bits per heavy atom. The zero-order valence-electron chi connectivity index (χ0n) is 9.37. The third-order valence-electron chi connectivity index (χ3n) is 2.44. The lowest BCUT2D eigenvalue weighted by Gasteiger charge is -2.12. The van der Waals surface area contributed by atoms with E-state index in [1.165, 1.54) is 0 Å². The molecule has 0 N–H and O–H groups in total. The van der Waals surface area contributed by atoms with Crippen LogP contribution in [0.15, 0.2) is 24.8 Å². The summed E-state index contributed by atoms with van der Waals surface area (Å²) in [7, 11) is 0. The third-order valence-corrected chi connectivity index (χ3v) is 2.44. The Morgan fingerprint density at radius 1 is 1.36 bits per heavy atom. The van der Waals surface area contributed by atoms with Gasteiger partial charge in [-0.05, 0) is 31.6 Å². The van der Waals surface area contributed by atoms with Crippen LogP contribution in [0.5, 0.6) is 0 Å². The molecular weight excluding hydrogens is 170 g/mol. The Labute approximate surface area is 88.1 Å². The van der Waals surface area contributed by atoms with Crippen LogP contribution in [0.3, 0.4) is 0 Å². The quantitative estimate of drug-likeness (QED) is 0.556. The maximum absolute atomic E-state index is 8.84. The molecule has 0 aromatic rings. The summed E-state index contributed by atoms with van der Waals surface area (Å²) in [6.07, 6.45) is 10.3. The highest BCUT2D eigenvalue weighted by Crippen LogP contribution is 2.19.